The van der Waals surface area contributed by atoms with Gasteiger partial charge >= 0.3 is 5.97 Å². The maximum absolute atomic E-state index is 11.8. The number of carbonyl (C=O) groups excluding carboxylic acids is 2. The van der Waals surface area contributed by atoms with E-state index >= 15 is 0 Å². The van der Waals surface area contributed by atoms with Crippen molar-refractivity contribution in [3.8, 4) is 5.75 Å². The Kier molecular flexibility index (Phi) is 6.12. The molecule has 0 spiro atoms. The van der Waals surface area contributed by atoms with Crippen LogP contribution in [0, 0.1) is 10.1 Å². The number of nitrogens with zero attached hydrogens (tertiary/aromatic N) is 1. The van der Waals surface area contributed by atoms with E-state index in [-0.39, 0.29) is 30.2 Å². The number of carbonyl (C=O) groups is 2. The second kappa shape index (κ2) is 7.83. The number of amides is 1. The van der Waals surface area contributed by atoms with Crippen molar-refractivity contribution in [2.24, 2.45) is 0 Å². The first-order valence-corrected chi connectivity index (χ1v) is 6.37. The highest BCUT2D eigenvalue weighted by atomic mass is 16.6. The summed E-state index contributed by atoms with van der Waals surface area (Å²) >= 11 is 0. The molecule has 0 heterocycles. The maximum atomic E-state index is 11.8. The molecule has 8 nitrogen and oxygen atoms in total. The molecule has 0 saturated carbocycles. The fraction of sp³-hybridized carbons (Fsp3) is 0.385. The van der Waals surface area contributed by atoms with Gasteiger partial charge in [0, 0.05) is 19.0 Å². The number of phenolic OH excluding ortho intramolecular Hbond substituents is 1. The Morgan fingerprint density at radius 1 is 1.43 bits per heavy atom. The molecule has 0 atom stereocenters. The minimum absolute atomic E-state index is 0.149. The van der Waals surface area contributed by atoms with Crippen molar-refractivity contribution < 1.29 is 24.4 Å². The molecule has 1 aromatic carbocycles. The van der Waals surface area contributed by atoms with Crippen LogP contribution in [0.1, 0.15) is 30.1 Å². The number of nitrogens with one attached hydrogen (secondary N) is 1. The highest BCUT2D eigenvalue weighted by molar-refractivity contribution is 5.98. The van der Waals surface area contributed by atoms with Gasteiger partial charge in [0.25, 0.3) is 11.6 Å². The number of ether oxygens (including phenoxy) is 1. The molecule has 0 saturated heterocycles. The van der Waals surface area contributed by atoms with Gasteiger partial charge in [0.15, 0.2) is 0 Å². The topological polar surface area (TPSA) is 119 Å². The van der Waals surface area contributed by atoms with Gasteiger partial charge in [-0.1, -0.05) is 0 Å². The molecule has 1 rings (SSSR count). The molecule has 2 N–H and O–H groups in total. The smallest absolute Gasteiger partial charge is 0.305 e. The Morgan fingerprint density at radius 2 is 2.14 bits per heavy atom. The van der Waals surface area contributed by atoms with E-state index < -0.39 is 16.5 Å². The largest absolute Gasteiger partial charge is 0.508 e. The van der Waals surface area contributed by atoms with Crippen molar-refractivity contribution in [3.63, 3.8) is 0 Å². The SMILES string of the molecule is CCOC(=O)CCCNC(=O)c1cc(O)ccc1[N+](=O)[O-]. The van der Waals surface area contributed by atoms with Crippen LogP contribution in [0.2, 0.25) is 0 Å². The Balaban J connectivity index is 2.58. The number of nitro groups is 1. The summed E-state index contributed by atoms with van der Waals surface area (Å²) in [6.07, 6.45) is 0.507. The fourth-order valence-electron chi connectivity index (χ4n) is 1.63. The maximum Gasteiger partial charge on any atom is 0.305 e. The van der Waals surface area contributed by atoms with Crippen molar-refractivity contribution in [2.45, 2.75) is 19.8 Å². The monoisotopic (exact) mass is 296 g/mol. The summed E-state index contributed by atoms with van der Waals surface area (Å²) in [4.78, 5) is 33.0. The standard InChI is InChI=1S/C13H16N2O6/c1-2-21-12(17)4-3-7-14-13(18)10-8-9(16)5-6-11(10)15(19)20/h5-6,8,16H,2-4,7H2,1H3,(H,14,18). The van der Waals surface area contributed by atoms with Crippen molar-refractivity contribution >= 4 is 17.6 Å². The van der Waals surface area contributed by atoms with Gasteiger partial charge in [-0.25, -0.2) is 0 Å². The lowest BCUT2D eigenvalue weighted by molar-refractivity contribution is -0.385. The van der Waals surface area contributed by atoms with Gasteiger partial charge < -0.3 is 15.2 Å². The van der Waals surface area contributed by atoms with E-state index in [2.05, 4.69) is 5.32 Å². The number of esters is 1. The molecule has 0 unspecified atom stereocenters. The molecule has 21 heavy (non-hydrogen) atoms. The zero-order valence-electron chi connectivity index (χ0n) is 11.5. The van der Waals surface area contributed by atoms with Crippen molar-refractivity contribution in [2.75, 3.05) is 13.2 Å². The van der Waals surface area contributed by atoms with Crippen LogP contribution in [0.5, 0.6) is 5.75 Å². The molecule has 0 aromatic heterocycles. The van der Waals surface area contributed by atoms with Gasteiger partial charge in [-0.05, 0) is 25.5 Å². The average molecular weight is 296 g/mol. The number of phenols is 1. The van der Waals surface area contributed by atoms with E-state index in [1.165, 1.54) is 0 Å². The van der Waals surface area contributed by atoms with E-state index in [0.29, 0.717) is 13.0 Å². The molecule has 0 fully saturated rings. The van der Waals surface area contributed by atoms with E-state index in [1.807, 2.05) is 0 Å². The van der Waals surface area contributed by atoms with Crippen molar-refractivity contribution in [3.05, 3.63) is 33.9 Å². The van der Waals surface area contributed by atoms with Gasteiger partial charge in [0.1, 0.15) is 11.3 Å². The van der Waals surface area contributed by atoms with Crippen LogP contribution in [0.15, 0.2) is 18.2 Å². The van der Waals surface area contributed by atoms with Gasteiger partial charge in [0.2, 0.25) is 0 Å². The van der Waals surface area contributed by atoms with Crippen molar-refractivity contribution in [1.29, 1.82) is 0 Å². The predicted molar refractivity (Wildman–Crippen MR) is 73.0 cm³/mol. The molecule has 0 aliphatic rings. The zero-order valence-corrected chi connectivity index (χ0v) is 11.5. The van der Waals surface area contributed by atoms with Crippen LogP contribution in [-0.2, 0) is 9.53 Å². The molecule has 114 valence electrons. The summed E-state index contributed by atoms with van der Waals surface area (Å²) in [6.45, 7) is 2.16. The van der Waals surface area contributed by atoms with Gasteiger partial charge in [-0.15, -0.1) is 0 Å². The molecule has 8 heteroatoms. The Labute approximate surface area is 120 Å². The lowest BCUT2D eigenvalue weighted by Gasteiger charge is -2.06. The lowest BCUT2D eigenvalue weighted by Crippen LogP contribution is -2.25. The zero-order chi connectivity index (χ0) is 15.8. The highest BCUT2D eigenvalue weighted by Crippen LogP contribution is 2.23. The van der Waals surface area contributed by atoms with Crippen molar-refractivity contribution in [1.82, 2.24) is 5.32 Å². The quantitative estimate of drug-likeness (QED) is 0.339. The number of rotatable bonds is 7. The molecular formula is C13H16N2O6. The van der Waals surface area contributed by atoms with E-state index in [4.69, 9.17) is 4.74 Å². The Morgan fingerprint density at radius 3 is 2.76 bits per heavy atom. The van der Waals surface area contributed by atoms with Crippen LogP contribution in [-0.4, -0.2) is 35.1 Å². The number of nitro benzene ring substituents is 1. The molecule has 0 radical (unpaired) electrons. The summed E-state index contributed by atoms with van der Waals surface area (Å²) < 4.78 is 4.73. The molecule has 0 bridgehead atoms. The lowest BCUT2D eigenvalue weighted by atomic mass is 10.1. The van der Waals surface area contributed by atoms with E-state index in [9.17, 15) is 24.8 Å². The minimum Gasteiger partial charge on any atom is -0.508 e. The van der Waals surface area contributed by atoms with E-state index in [0.717, 1.165) is 18.2 Å². The van der Waals surface area contributed by atoms with Crippen LogP contribution < -0.4 is 5.32 Å². The Hall–Kier alpha value is -2.64. The predicted octanol–water partition coefficient (Wildman–Crippen LogP) is 1.37. The third-order valence-electron chi connectivity index (χ3n) is 2.57. The molecule has 0 aliphatic carbocycles. The summed E-state index contributed by atoms with van der Waals surface area (Å²) in [6, 6.07) is 3.22. The van der Waals surface area contributed by atoms with Gasteiger partial charge in [-0.3, -0.25) is 19.7 Å². The number of hydrogen-bond donors (Lipinski definition) is 2. The molecule has 0 aliphatic heterocycles. The molecular weight excluding hydrogens is 280 g/mol. The normalized spacial score (nSPS) is 9.95. The summed E-state index contributed by atoms with van der Waals surface area (Å²) in [5.74, 6) is -1.28. The third-order valence-corrected chi connectivity index (χ3v) is 2.57. The van der Waals surface area contributed by atoms with Crippen LogP contribution in [0.25, 0.3) is 0 Å². The van der Waals surface area contributed by atoms with Crippen LogP contribution >= 0.6 is 0 Å². The molecule has 1 aromatic rings. The Bertz CT molecular complexity index is 543. The fourth-order valence-corrected chi connectivity index (χ4v) is 1.63. The summed E-state index contributed by atoms with van der Waals surface area (Å²) in [7, 11) is 0. The first-order valence-electron chi connectivity index (χ1n) is 6.37. The average Bonchev–Trinajstić information content (AvgIpc) is 2.43. The second-order valence-electron chi connectivity index (χ2n) is 4.12. The first kappa shape index (κ1) is 16.4. The van der Waals surface area contributed by atoms with Gasteiger partial charge in [-0.2, -0.15) is 0 Å². The number of hydrogen-bond acceptors (Lipinski definition) is 6. The highest BCUT2D eigenvalue weighted by Gasteiger charge is 2.20. The molecule has 1 amide bonds. The second-order valence-corrected chi connectivity index (χ2v) is 4.12. The van der Waals surface area contributed by atoms with Gasteiger partial charge in [0.05, 0.1) is 11.5 Å². The van der Waals surface area contributed by atoms with Crippen LogP contribution in [0.3, 0.4) is 0 Å². The minimum atomic E-state index is -0.701. The van der Waals surface area contributed by atoms with Crippen LogP contribution in [0.4, 0.5) is 5.69 Å². The summed E-state index contributed by atoms with van der Waals surface area (Å²) in [5, 5.41) is 22.6. The number of benzene rings is 1. The number of aromatic hydroxyl groups is 1. The third kappa shape index (κ3) is 5.09. The first-order chi connectivity index (χ1) is 9.95. The van der Waals surface area contributed by atoms with E-state index in [1.54, 1.807) is 6.92 Å². The summed E-state index contributed by atoms with van der Waals surface area (Å²) in [5.41, 5.74) is -0.619.